The average Bonchev–Trinajstić information content (AvgIpc) is 2.40. The Kier molecular flexibility index (Phi) is 6.44. The Labute approximate surface area is 110 Å². The van der Waals surface area contributed by atoms with Crippen molar-refractivity contribution in [2.75, 3.05) is 13.1 Å². The zero-order valence-electron chi connectivity index (χ0n) is 11.4. The van der Waals surface area contributed by atoms with Crippen molar-refractivity contribution in [2.45, 2.75) is 33.2 Å². The lowest BCUT2D eigenvalue weighted by atomic mass is 10.0. The maximum atomic E-state index is 12.3. The summed E-state index contributed by atoms with van der Waals surface area (Å²) in [5, 5.41) is 0. The molecule has 0 aromatic heterocycles. The van der Waals surface area contributed by atoms with Gasteiger partial charge in [0.1, 0.15) is 0 Å². The number of nitrogens with zero attached hydrogens (tertiary/aromatic N) is 1. The van der Waals surface area contributed by atoms with Crippen LogP contribution in [0.15, 0.2) is 30.3 Å². The van der Waals surface area contributed by atoms with Crippen molar-refractivity contribution in [3.05, 3.63) is 35.9 Å². The molecule has 0 aliphatic rings. The first-order valence-electron chi connectivity index (χ1n) is 6.75. The smallest absolute Gasteiger partial charge is 0.227 e. The van der Waals surface area contributed by atoms with Crippen LogP contribution in [-0.2, 0) is 11.3 Å². The summed E-state index contributed by atoms with van der Waals surface area (Å²) >= 11 is 0. The zero-order valence-corrected chi connectivity index (χ0v) is 11.4. The Balaban J connectivity index is 2.73. The molecule has 3 heteroatoms. The van der Waals surface area contributed by atoms with E-state index in [9.17, 15) is 4.79 Å². The third-order valence-corrected chi connectivity index (χ3v) is 3.15. The largest absolute Gasteiger partial charge is 0.338 e. The van der Waals surface area contributed by atoms with E-state index in [2.05, 4.69) is 19.1 Å². The molecular weight excluding hydrogens is 224 g/mol. The molecule has 0 heterocycles. The van der Waals surface area contributed by atoms with Crippen LogP contribution >= 0.6 is 0 Å². The van der Waals surface area contributed by atoms with Crippen molar-refractivity contribution in [2.24, 2.45) is 11.7 Å². The molecule has 0 spiro atoms. The minimum absolute atomic E-state index is 0.0414. The fraction of sp³-hybridized carbons (Fsp3) is 0.533. The van der Waals surface area contributed by atoms with E-state index in [0.29, 0.717) is 13.1 Å². The monoisotopic (exact) mass is 248 g/mol. The van der Waals surface area contributed by atoms with Gasteiger partial charge in [-0.15, -0.1) is 0 Å². The van der Waals surface area contributed by atoms with Crippen molar-refractivity contribution >= 4 is 5.91 Å². The predicted octanol–water partition coefficient (Wildman–Crippen LogP) is 2.41. The lowest BCUT2D eigenvalue weighted by Crippen LogP contribution is -2.39. The van der Waals surface area contributed by atoms with Gasteiger partial charge in [0.2, 0.25) is 5.91 Å². The molecule has 3 nitrogen and oxygen atoms in total. The molecule has 2 N–H and O–H groups in total. The summed E-state index contributed by atoms with van der Waals surface area (Å²) in [5.41, 5.74) is 6.84. The highest BCUT2D eigenvalue weighted by atomic mass is 16.2. The molecule has 1 amide bonds. The number of nitrogens with two attached hydrogens (primary N) is 1. The summed E-state index contributed by atoms with van der Waals surface area (Å²) in [7, 11) is 0. The number of hydrogen-bond donors (Lipinski definition) is 1. The highest BCUT2D eigenvalue weighted by Crippen LogP contribution is 2.11. The number of rotatable bonds is 7. The van der Waals surface area contributed by atoms with Crippen LogP contribution in [0.25, 0.3) is 0 Å². The van der Waals surface area contributed by atoms with Crippen LogP contribution in [0.5, 0.6) is 0 Å². The Morgan fingerprint density at radius 2 is 1.94 bits per heavy atom. The fourth-order valence-electron chi connectivity index (χ4n) is 2.04. The van der Waals surface area contributed by atoms with Crippen molar-refractivity contribution in [3.63, 3.8) is 0 Å². The molecule has 0 saturated carbocycles. The summed E-state index contributed by atoms with van der Waals surface area (Å²) in [5.74, 6) is 0.144. The van der Waals surface area contributed by atoms with E-state index in [1.54, 1.807) is 0 Å². The predicted molar refractivity (Wildman–Crippen MR) is 75.0 cm³/mol. The molecule has 1 aromatic carbocycles. The van der Waals surface area contributed by atoms with E-state index in [1.165, 1.54) is 5.56 Å². The van der Waals surface area contributed by atoms with Gasteiger partial charge >= 0.3 is 0 Å². The van der Waals surface area contributed by atoms with Crippen LogP contribution in [-0.4, -0.2) is 23.9 Å². The van der Waals surface area contributed by atoms with Crippen LogP contribution in [0.3, 0.4) is 0 Å². The SMILES string of the molecule is CCCN(Cc1ccccc1)C(=O)C(CC)CN. The van der Waals surface area contributed by atoms with Crippen molar-refractivity contribution in [3.8, 4) is 0 Å². The van der Waals surface area contributed by atoms with E-state index >= 15 is 0 Å². The maximum Gasteiger partial charge on any atom is 0.227 e. The molecule has 18 heavy (non-hydrogen) atoms. The number of benzene rings is 1. The molecule has 0 radical (unpaired) electrons. The number of amides is 1. The molecule has 0 bridgehead atoms. The number of carbonyl (C=O) groups is 1. The van der Waals surface area contributed by atoms with Crippen molar-refractivity contribution < 1.29 is 4.79 Å². The number of hydrogen-bond acceptors (Lipinski definition) is 2. The minimum Gasteiger partial charge on any atom is -0.338 e. The van der Waals surface area contributed by atoms with E-state index in [-0.39, 0.29) is 11.8 Å². The van der Waals surface area contributed by atoms with Crippen LogP contribution in [0, 0.1) is 5.92 Å². The van der Waals surface area contributed by atoms with E-state index < -0.39 is 0 Å². The molecule has 0 fully saturated rings. The van der Waals surface area contributed by atoms with E-state index in [4.69, 9.17) is 5.73 Å². The third kappa shape index (κ3) is 4.15. The Morgan fingerprint density at radius 3 is 2.44 bits per heavy atom. The van der Waals surface area contributed by atoms with Gasteiger partial charge in [-0.3, -0.25) is 4.79 Å². The molecule has 1 aromatic rings. The van der Waals surface area contributed by atoms with Crippen LogP contribution in [0.1, 0.15) is 32.3 Å². The van der Waals surface area contributed by atoms with Crippen LogP contribution in [0.2, 0.25) is 0 Å². The molecular formula is C15H24N2O. The first-order valence-corrected chi connectivity index (χ1v) is 6.75. The summed E-state index contributed by atoms with van der Waals surface area (Å²) in [4.78, 5) is 14.3. The summed E-state index contributed by atoms with van der Waals surface area (Å²) in [6.07, 6.45) is 1.78. The molecule has 1 unspecified atom stereocenters. The second kappa shape index (κ2) is 7.88. The Bertz CT molecular complexity index is 347. The van der Waals surface area contributed by atoms with Gasteiger partial charge in [-0.2, -0.15) is 0 Å². The first-order chi connectivity index (χ1) is 8.72. The summed E-state index contributed by atoms with van der Waals surface area (Å²) in [6, 6.07) is 10.1. The van der Waals surface area contributed by atoms with Crippen molar-refractivity contribution in [1.82, 2.24) is 4.90 Å². The topological polar surface area (TPSA) is 46.3 Å². The zero-order chi connectivity index (χ0) is 13.4. The van der Waals surface area contributed by atoms with Crippen molar-refractivity contribution in [1.29, 1.82) is 0 Å². The van der Waals surface area contributed by atoms with E-state index in [0.717, 1.165) is 19.4 Å². The molecule has 0 aliphatic carbocycles. The van der Waals surface area contributed by atoms with Gasteiger partial charge in [-0.25, -0.2) is 0 Å². The van der Waals surface area contributed by atoms with Gasteiger partial charge in [0.15, 0.2) is 0 Å². The van der Waals surface area contributed by atoms with E-state index in [1.807, 2.05) is 30.0 Å². The summed E-state index contributed by atoms with van der Waals surface area (Å²) < 4.78 is 0. The molecule has 1 atom stereocenters. The molecule has 0 aliphatic heterocycles. The second-order valence-corrected chi connectivity index (χ2v) is 4.59. The molecule has 100 valence electrons. The Hall–Kier alpha value is -1.35. The van der Waals surface area contributed by atoms with Crippen LogP contribution in [0.4, 0.5) is 0 Å². The lowest BCUT2D eigenvalue weighted by Gasteiger charge is -2.26. The van der Waals surface area contributed by atoms with Crippen LogP contribution < -0.4 is 5.73 Å². The summed E-state index contributed by atoms with van der Waals surface area (Å²) in [6.45, 7) is 6.02. The fourth-order valence-corrected chi connectivity index (χ4v) is 2.04. The first kappa shape index (κ1) is 14.7. The van der Waals surface area contributed by atoms with Gasteiger partial charge in [-0.05, 0) is 18.4 Å². The average molecular weight is 248 g/mol. The van der Waals surface area contributed by atoms with Gasteiger partial charge in [0, 0.05) is 19.6 Å². The van der Waals surface area contributed by atoms with Gasteiger partial charge in [-0.1, -0.05) is 44.2 Å². The standard InChI is InChI=1S/C15H24N2O/c1-3-10-17(15(18)14(4-2)11-16)12-13-8-6-5-7-9-13/h5-9,14H,3-4,10-12,16H2,1-2H3. The second-order valence-electron chi connectivity index (χ2n) is 4.59. The quantitative estimate of drug-likeness (QED) is 0.805. The van der Waals surface area contributed by atoms with Gasteiger partial charge < -0.3 is 10.6 Å². The molecule has 0 saturated heterocycles. The maximum absolute atomic E-state index is 12.3. The minimum atomic E-state index is -0.0414. The third-order valence-electron chi connectivity index (χ3n) is 3.15. The lowest BCUT2D eigenvalue weighted by molar-refractivity contribution is -0.136. The molecule has 1 rings (SSSR count). The highest BCUT2D eigenvalue weighted by Gasteiger charge is 2.21. The van der Waals surface area contributed by atoms with Gasteiger partial charge in [0.05, 0.1) is 5.92 Å². The Morgan fingerprint density at radius 1 is 1.28 bits per heavy atom. The highest BCUT2D eigenvalue weighted by molar-refractivity contribution is 5.79. The van der Waals surface area contributed by atoms with Gasteiger partial charge in [0.25, 0.3) is 0 Å². The normalized spacial score (nSPS) is 12.2. The number of carbonyl (C=O) groups excluding carboxylic acids is 1.